The molecule has 138 valence electrons. The zero-order valence-corrected chi connectivity index (χ0v) is 14.6. The van der Waals surface area contributed by atoms with Crippen LogP contribution in [0, 0.1) is 0 Å². The van der Waals surface area contributed by atoms with Crippen LogP contribution in [-0.4, -0.2) is 73.2 Å². The number of benzene rings is 1. The molecular formula is C17H25N3O5. The molecule has 0 spiro atoms. The summed E-state index contributed by atoms with van der Waals surface area (Å²) in [4.78, 5) is 37.6. The van der Waals surface area contributed by atoms with Crippen molar-refractivity contribution in [2.24, 2.45) is 0 Å². The number of urea groups is 1. The van der Waals surface area contributed by atoms with Crippen LogP contribution in [0.1, 0.15) is 12.0 Å². The summed E-state index contributed by atoms with van der Waals surface area (Å²) < 4.78 is 4.87. The van der Waals surface area contributed by atoms with E-state index < -0.39 is 5.97 Å². The summed E-state index contributed by atoms with van der Waals surface area (Å²) >= 11 is 0. The van der Waals surface area contributed by atoms with Gasteiger partial charge in [-0.3, -0.25) is 9.59 Å². The summed E-state index contributed by atoms with van der Waals surface area (Å²) in [5.74, 6) is -1.43. The molecule has 8 heteroatoms. The van der Waals surface area contributed by atoms with Crippen molar-refractivity contribution in [1.82, 2.24) is 15.1 Å². The third-order valence-electron chi connectivity index (χ3n) is 3.47. The maximum atomic E-state index is 12.1. The van der Waals surface area contributed by atoms with Crippen molar-refractivity contribution >= 4 is 17.9 Å². The predicted molar refractivity (Wildman–Crippen MR) is 92.0 cm³/mol. The number of carbonyl (C=O) groups is 3. The van der Waals surface area contributed by atoms with Crippen LogP contribution in [0.25, 0.3) is 0 Å². The number of ether oxygens (including phenoxy) is 1. The lowest BCUT2D eigenvalue weighted by Crippen LogP contribution is -2.41. The van der Waals surface area contributed by atoms with Gasteiger partial charge in [-0.05, 0) is 5.56 Å². The molecule has 1 aromatic rings. The highest BCUT2D eigenvalue weighted by atomic mass is 16.5. The molecule has 0 aliphatic heterocycles. The Morgan fingerprint density at radius 1 is 1.20 bits per heavy atom. The predicted octanol–water partition coefficient (Wildman–Crippen LogP) is 0.778. The van der Waals surface area contributed by atoms with E-state index in [-0.39, 0.29) is 44.6 Å². The van der Waals surface area contributed by atoms with Crippen molar-refractivity contribution in [2.75, 3.05) is 40.4 Å². The van der Waals surface area contributed by atoms with Gasteiger partial charge in [0.2, 0.25) is 5.91 Å². The lowest BCUT2D eigenvalue weighted by atomic mass is 10.2. The van der Waals surface area contributed by atoms with Gasteiger partial charge in [-0.2, -0.15) is 0 Å². The van der Waals surface area contributed by atoms with Crippen LogP contribution in [0.4, 0.5) is 4.79 Å². The number of nitrogens with zero attached hydrogens (tertiary/aromatic N) is 2. The van der Waals surface area contributed by atoms with Gasteiger partial charge in [0.15, 0.2) is 0 Å². The molecule has 0 heterocycles. The van der Waals surface area contributed by atoms with Crippen molar-refractivity contribution in [3.63, 3.8) is 0 Å². The highest BCUT2D eigenvalue weighted by molar-refractivity contribution is 5.82. The van der Waals surface area contributed by atoms with Crippen molar-refractivity contribution in [3.8, 4) is 0 Å². The van der Waals surface area contributed by atoms with Gasteiger partial charge in [-0.1, -0.05) is 30.3 Å². The topological polar surface area (TPSA) is 99.2 Å². The summed E-state index contributed by atoms with van der Waals surface area (Å²) in [6.07, 6.45) is 0.0297. The summed E-state index contributed by atoms with van der Waals surface area (Å²) in [6.45, 7) is 0.665. The molecule has 1 aromatic carbocycles. The molecule has 0 aliphatic carbocycles. The van der Waals surface area contributed by atoms with Gasteiger partial charge in [0.1, 0.15) is 6.54 Å². The Bertz CT molecular complexity index is 565. The minimum absolute atomic E-state index is 0.0297. The molecule has 0 aromatic heterocycles. The van der Waals surface area contributed by atoms with Crippen molar-refractivity contribution < 1.29 is 24.2 Å². The number of hydrogen-bond acceptors (Lipinski definition) is 4. The number of carboxylic acids is 1. The second-order valence-corrected chi connectivity index (χ2v) is 5.53. The zero-order chi connectivity index (χ0) is 18.7. The highest BCUT2D eigenvalue weighted by Crippen LogP contribution is 2.02. The van der Waals surface area contributed by atoms with Crippen molar-refractivity contribution in [3.05, 3.63) is 35.9 Å². The fraction of sp³-hybridized carbons (Fsp3) is 0.471. The lowest BCUT2D eigenvalue weighted by Gasteiger charge is -2.21. The average molecular weight is 351 g/mol. The molecule has 2 N–H and O–H groups in total. The fourth-order valence-electron chi connectivity index (χ4n) is 2.16. The normalized spacial score (nSPS) is 10.2. The number of aliphatic carboxylic acids is 1. The highest BCUT2D eigenvalue weighted by Gasteiger charge is 2.17. The molecule has 0 radical (unpaired) electrons. The minimum Gasteiger partial charge on any atom is -0.480 e. The van der Waals surface area contributed by atoms with Crippen LogP contribution < -0.4 is 5.32 Å². The lowest BCUT2D eigenvalue weighted by molar-refractivity contribution is -0.144. The molecule has 25 heavy (non-hydrogen) atoms. The molecule has 3 amide bonds. The quantitative estimate of drug-likeness (QED) is 0.649. The third kappa shape index (κ3) is 8.16. The van der Waals surface area contributed by atoms with Gasteiger partial charge >= 0.3 is 12.0 Å². The number of methoxy groups -OCH3 is 1. The summed E-state index contributed by atoms with van der Waals surface area (Å²) in [5.41, 5.74) is 1.00. The average Bonchev–Trinajstić information content (AvgIpc) is 2.58. The Hall–Kier alpha value is -2.61. The first-order chi connectivity index (χ1) is 11.9. The molecular weight excluding hydrogens is 326 g/mol. The molecule has 0 saturated carbocycles. The largest absolute Gasteiger partial charge is 0.480 e. The first-order valence-electron chi connectivity index (χ1n) is 7.95. The second kappa shape index (κ2) is 11.0. The molecule has 0 saturated heterocycles. The van der Waals surface area contributed by atoms with Gasteiger partial charge in [-0.25, -0.2) is 4.79 Å². The maximum absolute atomic E-state index is 12.1. The molecule has 0 fully saturated rings. The monoisotopic (exact) mass is 351 g/mol. The maximum Gasteiger partial charge on any atom is 0.323 e. The third-order valence-corrected chi connectivity index (χ3v) is 3.47. The van der Waals surface area contributed by atoms with Crippen LogP contribution in [0.5, 0.6) is 0 Å². The van der Waals surface area contributed by atoms with Crippen molar-refractivity contribution in [1.29, 1.82) is 0 Å². The molecule has 0 aliphatic rings. The first kappa shape index (κ1) is 20.4. The SMILES string of the molecule is COCCN(CC(=O)O)C(=O)CCNC(=O)N(C)Cc1ccccc1. The Morgan fingerprint density at radius 2 is 1.88 bits per heavy atom. The van der Waals surface area contributed by atoms with Gasteiger partial charge in [0.05, 0.1) is 6.61 Å². The van der Waals surface area contributed by atoms with Crippen LogP contribution >= 0.6 is 0 Å². The Kier molecular flexibility index (Phi) is 9.02. The second-order valence-electron chi connectivity index (χ2n) is 5.53. The van der Waals surface area contributed by atoms with E-state index >= 15 is 0 Å². The molecule has 8 nitrogen and oxygen atoms in total. The Balaban J connectivity index is 2.39. The Morgan fingerprint density at radius 3 is 2.48 bits per heavy atom. The van der Waals surface area contributed by atoms with Gasteiger partial charge in [-0.15, -0.1) is 0 Å². The number of carboxylic acid groups (broad SMARTS) is 1. The van der Waals surface area contributed by atoms with E-state index in [9.17, 15) is 14.4 Å². The number of amides is 3. The van der Waals surface area contributed by atoms with E-state index in [0.717, 1.165) is 5.56 Å². The Labute approximate surface area is 147 Å². The van der Waals surface area contributed by atoms with E-state index in [1.807, 2.05) is 30.3 Å². The van der Waals surface area contributed by atoms with Gasteiger partial charge in [0, 0.05) is 40.2 Å². The minimum atomic E-state index is -1.09. The van der Waals surface area contributed by atoms with Crippen LogP contribution in [0.15, 0.2) is 30.3 Å². The summed E-state index contributed by atoms with van der Waals surface area (Å²) in [6, 6.07) is 9.26. The van der Waals surface area contributed by atoms with Gasteiger partial charge < -0.3 is 25.0 Å². The van der Waals surface area contributed by atoms with Crippen LogP contribution in [0.2, 0.25) is 0 Å². The molecule has 1 rings (SSSR count). The van der Waals surface area contributed by atoms with Crippen molar-refractivity contribution in [2.45, 2.75) is 13.0 Å². The van der Waals surface area contributed by atoms with E-state index in [4.69, 9.17) is 9.84 Å². The molecule has 0 bridgehead atoms. The number of carbonyl (C=O) groups excluding carboxylic acids is 2. The van der Waals surface area contributed by atoms with E-state index in [1.54, 1.807) is 7.05 Å². The zero-order valence-electron chi connectivity index (χ0n) is 14.6. The van der Waals surface area contributed by atoms with Crippen LogP contribution in [-0.2, 0) is 20.9 Å². The van der Waals surface area contributed by atoms with E-state index in [2.05, 4.69) is 5.32 Å². The summed E-state index contributed by atoms with van der Waals surface area (Å²) in [7, 11) is 3.14. The van der Waals surface area contributed by atoms with E-state index in [1.165, 1.54) is 16.9 Å². The fourth-order valence-corrected chi connectivity index (χ4v) is 2.16. The van der Waals surface area contributed by atoms with E-state index in [0.29, 0.717) is 6.54 Å². The number of nitrogens with one attached hydrogen (secondary N) is 1. The summed E-state index contributed by atoms with van der Waals surface area (Å²) in [5, 5.41) is 11.5. The molecule has 0 unspecified atom stereocenters. The standard InChI is InChI=1S/C17H25N3O5/c1-19(12-14-6-4-3-5-7-14)17(24)18-9-8-15(21)20(10-11-25-2)13-16(22)23/h3-7H,8-13H2,1-2H3,(H,18,24)(H,22,23). The smallest absolute Gasteiger partial charge is 0.323 e. The van der Waals surface area contributed by atoms with Gasteiger partial charge in [0.25, 0.3) is 0 Å². The van der Waals surface area contributed by atoms with Crippen LogP contribution in [0.3, 0.4) is 0 Å². The molecule has 0 atom stereocenters. The number of rotatable bonds is 10. The number of hydrogen-bond donors (Lipinski definition) is 2. The first-order valence-corrected chi connectivity index (χ1v) is 7.95.